The average molecular weight is 245 g/mol. The summed E-state index contributed by atoms with van der Waals surface area (Å²) in [5.41, 5.74) is 1.36. The van der Waals surface area contributed by atoms with E-state index in [-0.39, 0.29) is 18.5 Å². The van der Waals surface area contributed by atoms with Crippen LogP contribution >= 0.6 is 0 Å². The molecule has 4 heteroatoms. The van der Waals surface area contributed by atoms with E-state index < -0.39 is 0 Å². The standard InChI is InChI=1S/C14H19N3O/c1-10(2)11(3)17-14(18)9-16-13-6-4-5-12(7-13)8-15/h4-7,10-11,16H,9H2,1-3H3,(H,17,18). The van der Waals surface area contributed by atoms with Gasteiger partial charge in [-0.05, 0) is 31.0 Å². The van der Waals surface area contributed by atoms with Gasteiger partial charge >= 0.3 is 0 Å². The van der Waals surface area contributed by atoms with Crippen LogP contribution in [0.2, 0.25) is 0 Å². The molecular weight excluding hydrogens is 226 g/mol. The molecular formula is C14H19N3O. The van der Waals surface area contributed by atoms with Gasteiger partial charge in [0.15, 0.2) is 0 Å². The van der Waals surface area contributed by atoms with Gasteiger partial charge in [0.05, 0.1) is 18.2 Å². The molecule has 96 valence electrons. The molecule has 0 aliphatic heterocycles. The second-order valence-electron chi connectivity index (χ2n) is 4.65. The van der Waals surface area contributed by atoms with Crippen LogP contribution in [-0.2, 0) is 4.79 Å². The largest absolute Gasteiger partial charge is 0.376 e. The van der Waals surface area contributed by atoms with E-state index in [1.807, 2.05) is 13.0 Å². The van der Waals surface area contributed by atoms with Gasteiger partial charge in [0, 0.05) is 11.7 Å². The fourth-order valence-electron chi connectivity index (χ4n) is 1.35. The molecule has 0 saturated carbocycles. The van der Waals surface area contributed by atoms with Crippen molar-refractivity contribution in [2.24, 2.45) is 5.92 Å². The zero-order valence-corrected chi connectivity index (χ0v) is 11.0. The molecule has 4 nitrogen and oxygen atoms in total. The maximum absolute atomic E-state index is 11.6. The number of carbonyl (C=O) groups is 1. The van der Waals surface area contributed by atoms with Gasteiger partial charge < -0.3 is 10.6 Å². The minimum atomic E-state index is -0.0430. The first-order chi connectivity index (χ1) is 8.52. The second kappa shape index (κ2) is 6.65. The average Bonchev–Trinajstić information content (AvgIpc) is 2.36. The van der Waals surface area contributed by atoms with E-state index in [1.54, 1.807) is 18.2 Å². The number of anilines is 1. The third-order valence-corrected chi connectivity index (χ3v) is 2.83. The van der Waals surface area contributed by atoms with Crippen LogP contribution in [-0.4, -0.2) is 18.5 Å². The monoisotopic (exact) mass is 245 g/mol. The minimum absolute atomic E-state index is 0.0430. The van der Waals surface area contributed by atoms with Crippen molar-refractivity contribution in [3.63, 3.8) is 0 Å². The Morgan fingerprint density at radius 3 is 2.72 bits per heavy atom. The van der Waals surface area contributed by atoms with E-state index in [0.717, 1.165) is 5.69 Å². The van der Waals surface area contributed by atoms with Crippen LogP contribution in [0, 0.1) is 17.2 Å². The lowest BCUT2D eigenvalue weighted by atomic mass is 10.1. The Labute approximate surface area is 108 Å². The lowest BCUT2D eigenvalue weighted by Crippen LogP contribution is -2.39. The van der Waals surface area contributed by atoms with E-state index in [0.29, 0.717) is 11.5 Å². The van der Waals surface area contributed by atoms with E-state index in [2.05, 4.69) is 30.6 Å². The van der Waals surface area contributed by atoms with Crippen LogP contribution in [0.1, 0.15) is 26.3 Å². The molecule has 0 aromatic heterocycles. The number of carbonyl (C=O) groups excluding carboxylic acids is 1. The number of amides is 1. The number of nitrogens with one attached hydrogen (secondary N) is 2. The highest BCUT2D eigenvalue weighted by atomic mass is 16.1. The molecule has 1 amide bonds. The quantitative estimate of drug-likeness (QED) is 0.835. The van der Waals surface area contributed by atoms with Gasteiger partial charge in [-0.15, -0.1) is 0 Å². The number of rotatable bonds is 5. The molecule has 1 aromatic carbocycles. The highest BCUT2D eigenvalue weighted by molar-refractivity contribution is 5.81. The van der Waals surface area contributed by atoms with Gasteiger partial charge in [-0.1, -0.05) is 19.9 Å². The highest BCUT2D eigenvalue weighted by Gasteiger charge is 2.10. The van der Waals surface area contributed by atoms with Crippen molar-refractivity contribution in [2.75, 3.05) is 11.9 Å². The van der Waals surface area contributed by atoms with Gasteiger partial charge in [-0.25, -0.2) is 0 Å². The first kappa shape index (κ1) is 14.0. The predicted molar refractivity (Wildman–Crippen MR) is 72.1 cm³/mol. The Morgan fingerprint density at radius 1 is 1.39 bits per heavy atom. The van der Waals surface area contributed by atoms with Crippen molar-refractivity contribution >= 4 is 11.6 Å². The zero-order valence-electron chi connectivity index (χ0n) is 11.0. The molecule has 0 saturated heterocycles. The first-order valence-electron chi connectivity index (χ1n) is 6.06. The summed E-state index contributed by atoms with van der Waals surface area (Å²) in [4.78, 5) is 11.6. The predicted octanol–water partition coefficient (Wildman–Crippen LogP) is 2.13. The summed E-state index contributed by atoms with van der Waals surface area (Å²) in [6.07, 6.45) is 0. The Hall–Kier alpha value is -2.02. The molecule has 1 rings (SSSR count). The van der Waals surface area contributed by atoms with Crippen LogP contribution in [0.3, 0.4) is 0 Å². The number of hydrogen-bond acceptors (Lipinski definition) is 3. The van der Waals surface area contributed by atoms with E-state index in [4.69, 9.17) is 5.26 Å². The van der Waals surface area contributed by atoms with Gasteiger partial charge in [-0.2, -0.15) is 5.26 Å². The van der Waals surface area contributed by atoms with Crippen LogP contribution in [0.25, 0.3) is 0 Å². The van der Waals surface area contributed by atoms with Crippen molar-refractivity contribution in [1.29, 1.82) is 5.26 Å². The molecule has 18 heavy (non-hydrogen) atoms. The Kier molecular flexibility index (Phi) is 5.19. The van der Waals surface area contributed by atoms with Crippen LogP contribution in [0.15, 0.2) is 24.3 Å². The van der Waals surface area contributed by atoms with Gasteiger partial charge in [-0.3, -0.25) is 4.79 Å². The van der Waals surface area contributed by atoms with E-state index in [9.17, 15) is 4.79 Å². The molecule has 1 aromatic rings. The minimum Gasteiger partial charge on any atom is -0.376 e. The molecule has 0 spiro atoms. The molecule has 1 unspecified atom stereocenters. The summed E-state index contributed by atoms with van der Waals surface area (Å²) in [5, 5.41) is 14.7. The lowest BCUT2D eigenvalue weighted by molar-refractivity contribution is -0.120. The van der Waals surface area contributed by atoms with Gasteiger partial charge in [0.2, 0.25) is 5.91 Å². The second-order valence-corrected chi connectivity index (χ2v) is 4.65. The first-order valence-corrected chi connectivity index (χ1v) is 6.06. The molecule has 0 aliphatic carbocycles. The van der Waals surface area contributed by atoms with Crippen molar-refractivity contribution in [1.82, 2.24) is 5.32 Å². The summed E-state index contributed by atoms with van der Waals surface area (Å²) in [7, 11) is 0. The third-order valence-electron chi connectivity index (χ3n) is 2.83. The Bertz CT molecular complexity index is 449. The van der Waals surface area contributed by atoms with Crippen molar-refractivity contribution < 1.29 is 4.79 Å². The van der Waals surface area contributed by atoms with Crippen molar-refractivity contribution in [3.05, 3.63) is 29.8 Å². The summed E-state index contributed by atoms with van der Waals surface area (Å²) >= 11 is 0. The van der Waals surface area contributed by atoms with E-state index >= 15 is 0 Å². The molecule has 0 bridgehead atoms. The Balaban J connectivity index is 2.45. The fraction of sp³-hybridized carbons (Fsp3) is 0.429. The highest BCUT2D eigenvalue weighted by Crippen LogP contribution is 2.09. The number of hydrogen-bond donors (Lipinski definition) is 2. The lowest BCUT2D eigenvalue weighted by Gasteiger charge is -2.17. The molecule has 0 heterocycles. The normalized spacial score (nSPS) is 11.7. The molecule has 0 radical (unpaired) electrons. The van der Waals surface area contributed by atoms with Crippen molar-refractivity contribution in [2.45, 2.75) is 26.8 Å². The summed E-state index contributed by atoms with van der Waals surface area (Å²) in [6, 6.07) is 9.29. The summed E-state index contributed by atoms with van der Waals surface area (Å²) in [6.45, 7) is 6.33. The molecule has 0 aliphatic rings. The Morgan fingerprint density at radius 2 is 2.11 bits per heavy atom. The number of nitriles is 1. The SMILES string of the molecule is CC(C)C(C)NC(=O)CNc1cccc(C#N)c1. The van der Waals surface area contributed by atoms with Crippen LogP contribution in [0.4, 0.5) is 5.69 Å². The molecule has 1 atom stereocenters. The number of nitrogens with zero attached hydrogens (tertiary/aromatic N) is 1. The number of benzene rings is 1. The van der Waals surface area contributed by atoms with Gasteiger partial charge in [0.25, 0.3) is 0 Å². The smallest absolute Gasteiger partial charge is 0.239 e. The van der Waals surface area contributed by atoms with Crippen LogP contribution < -0.4 is 10.6 Å². The van der Waals surface area contributed by atoms with Gasteiger partial charge in [0.1, 0.15) is 0 Å². The van der Waals surface area contributed by atoms with E-state index in [1.165, 1.54) is 0 Å². The fourth-order valence-corrected chi connectivity index (χ4v) is 1.35. The maximum atomic E-state index is 11.6. The summed E-state index contributed by atoms with van der Waals surface area (Å²) < 4.78 is 0. The molecule has 0 fully saturated rings. The van der Waals surface area contributed by atoms with Crippen molar-refractivity contribution in [3.8, 4) is 6.07 Å². The zero-order chi connectivity index (χ0) is 13.5. The maximum Gasteiger partial charge on any atom is 0.239 e. The molecule has 2 N–H and O–H groups in total. The topological polar surface area (TPSA) is 64.9 Å². The third kappa shape index (κ3) is 4.46. The van der Waals surface area contributed by atoms with Crippen LogP contribution in [0.5, 0.6) is 0 Å². The summed E-state index contributed by atoms with van der Waals surface area (Å²) in [5.74, 6) is 0.370.